The van der Waals surface area contributed by atoms with Gasteiger partial charge in [0.25, 0.3) is 5.56 Å². The fourth-order valence-electron chi connectivity index (χ4n) is 3.41. The van der Waals surface area contributed by atoms with Crippen molar-refractivity contribution in [2.24, 2.45) is 0 Å². The van der Waals surface area contributed by atoms with E-state index in [-0.39, 0.29) is 11.6 Å². The van der Waals surface area contributed by atoms with Crippen LogP contribution in [0, 0.1) is 0 Å². The highest BCUT2D eigenvalue weighted by molar-refractivity contribution is 7.98. The van der Waals surface area contributed by atoms with Gasteiger partial charge in [-0.05, 0) is 56.3 Å². The number of hydrogen-bond acceptors (Lipinski definition) is 8. The second-order valence-corrected chi connectivity index (χ2v) is 8.47. The zero-order chi connectivity index (χ0) is 23.5. The van der Waals surface area contributed by atoms with Crippen LogP contribution in [0.2, 0.25) is 0 Å². The topological polar surface area (TPSA) is 112 Å². The largest absolute Gasteiger partial charge is 0.497 e. The maximum atomic E-state index is 12.5. The molecule has 0 radical (unpaired) electrons. The second kappa shape index (κ2) is 9.45. The number of H-pyrrole nitrogens is 1. The summed E-state index contributed by atoms with van der Waals surface area (Å²) < 4.78 is 12.0. The third-order valence-corrected chi connectivity index (χ3v) is 6.00. The molecule has 2 heterocycles. The summed E-state index contributed by atoms with van der Waals surface area (Å²) in [6.07, 6.45) is 0. The van der Waals surface area contributed by atoms with Crippen LogP contribution in [0.4, 0.5) is 0 Å². The van der Waals surface area contributed by atoms with Crippen LogP contribution in [0.25, 0.3) is 22.3 Å². The Balaban J connectivity index is 1.62. The molecule has 2 aromatic heterocycles. The van der Waals surface area contributed by atoms with Crippen molar-refractivity contribution in [3.05, 3.63) is 64.2 Å². The quantitative estimate of drug-likeness (QED) is 0.324. The first-order chi connectivity index (χ1) is 15.9. The molecule has 33 heavy (non-hydrogen) atoms. The number of nitrogens with zero attached hydrogens (tertiary/aromatic N) is 4. The molecule has 2 aromatic carbocycles. The molecular formula is C23H23N5O4S. The SMILES string of the molecule is COC(=O)c1ccc2c(=O)[nH]c(CSc3nnc(-c4ccc(OC)cc4)n3C(C)C)nc2c1. The van der Waals surface area contributed by atoms with Gasteiger partial charge >= 0.3 is 5.97 Å². The first-order valence-electron chi connectivity index (χ1n) is 10.2. The van der Waals surface area contributed by atoms with Gasteiger partial charge in [-0.15, -0.1) is 10.2 Å². The van der Waals surface area contributed by atoms with Crippen molar-refractivity contribution >= 4 is 28.6 Å². The van der Waals surface area contributed by atoms with Gasteiger partial charge in [-0.3, -0.25) is 9.36 Å². The zero-order valence-corrected chi connectivity index (χ0v) is 19.5. The van der Waals surface area contributed by atoms with Crippen LogP contribution in [0.15, 0.2) is 52.4 Å². The van der Waals surface area contributed by atoms with Gasteiger partial charge in [0.05, 0.1) is 36.4 Å². The lowest BCUT2D eigenvalue weighted by molar-refractivity contribution is 0.0601. The van der Waals surface area contributed by atoms with E-state index in [1.165, 1.54) is 18.9 Å². The Bertz CT molecular complexity index is 1360. The maximum absolute atomic E-state index is 12.5. The van der Waals surface area contributed by atoms with E-state index < -0.39 is 5.97 Å². The minimum absolute atomic E-state index is 0.117. The van der Waals surface area contributed by atoms with Gasteiger partial charge in [-0.25, -0.2) is 9.78 Å². The number of hydrogen-bond donors (Lipinski definition) is 1. The average Bonchev–Trinajstić information content (AvgIpc) is 3.26. The smallest absolute Gasteiger partial charge is 0.337 e. The Morgan fingerprint density at radius 1 is 1.12 bits per heavy atom. The van der Waals surface area contributed by atoms with Crippen LogP contribution in [-0.4, -0.2) is 44.9 Å². The highest BCUT2D eigenvalue weighted by Gasteiger charge is 2.18. The van der Waals surface area contributed by atoms with Crippen LogP contribution >= 0.6 is 11.8 Å². The molecule has 9 nitrogen and oxygen atoms in total. The standard InChI is InChI=1S/C23H23N5O4S/c1-13(2)28-20(14-5-8-16(31-3)9-6-14)26-27-23(28)33-12-19-24-18-11-15(22(30)32-4)7-10-17(18)21(29)25-19/h5-11,13H,12H2,1-4H3,(H,24,25,29). The van der Waals surface area contributed by atoms with Gasteiger partial charge in [0.2, 0.25) is 0 Å². The molecule has 0 amide bonds. The molecule has 0 unspecified atom stereocenters. The molecule has 0 fully saturated rings. The molecule has 10 heteroatoms. The third-order valence-electron chi connectivity index (χ3n) is 5.04. The van der Waals surface area contributed by atoms with Crippen molar-refractivity contribution in [1.82, 2.24) is 24.7 Å². The van der Waals surface area contributed by atoms with Crippen molar-refractivity contribution in [2.75, 3.05) is 14.2 Å². The van der Waals surface area contributed by atoms with Crippen LogP contribution in [0.3, 0.4) is 0 Å². The van der Waals surface area contributed by atoms with E-state index in [4.69, 9.17) is 9.47 Å². The van der Waals surface area contributed by atoms with E-state index in [1.807, 2.05) is 28.8 Å². The monoisotopic (exact) mass is 465 g/mol. The molecule has 0 saturated carbocycles. The van der Waals surface area contributed by atoms with Gasteiger partial charge < -0.3 is 14.5 Å². The lowest BCUT2D eigenvalue weighted by Gasteiger charge is -2.14. The Labute approximate surface area is 194 Å². The molecule has 0 aliphatic heterocycles. The minimum atomic E-state index is -0.481. The zero-order valence-electron chi connectivity index (χ0n) is 18.7. The van der Waals surface area contributed by atoms with Crippen molar-refractivity contribution in [3.63, 3.8) is 0 Å². The predicted molar refractivity (Wildman–Crippen MR) is 126 cm³/mol. The summed E-state index contributed by atoms with van der Waals surface area (Å²) in [6.45, 7) is 4.12. The fourth-order valence-corrected chi connectivity index (χ4v) is 4.35. The van der Waals surface area contributed by atoms with Crippen LogP contribution in [-0.2, 0) is 10.5 Å². The molecule has 0 saturated heterocycles. The van der Waals surface area contributed by atoms with Crippen molar-refractivity contribution in [1.29, 1.82) is 0 Å². The highest BCUT2D eigenvalue weighted by atomic mass is 32.2. The molecule has 0 aliphatic rings. The number of aromatic amines is 1. The third kappa shape index (κ3) is 4.61. The number of fused-ring (bicyclic) bond motifs is 1. The van der Waals surface area contributed by atoms with Gasteiger partial charge in [0.15, 0.2) is 11.0 Å². The maximum Gasteiger partial charge on any atom is 0.337 e. The normalized spacial score (nSPS) is 11.2. The lowest BCUT2D eigenvalue weighted by Crippen LogP contribution is -2.12. The predicted octanol–water partition coefficient (Wildman–Crippen LogP) is 3.85. The Morgan fingerprint density at radius 3 is 2.55 bits per heavy atom. The number of aromatic nitrogens is 5. The summed E-state index contributed by atoms with van der Waals surface area (Å²) in [5.41, 5.74) is 1.43. The van der Waals surface area contributed by atoms with E-state index in [9.17, 15) is 9.59 Å². The number of benzene rings is 2. The molecule has 4 rings (SSSR count). The first kappa shape index (κ1) is 22.5. The number of esters is 1. The molecule has 1 N–H and O–H groups in total. The number of carbonyl (C=O) groups is 1. The van der Waals surface area contributed by atoms with Crippen molar-refractivity contribution in [2.45, 2.75) is 30.8 Å². The number of nitrogens with one attached hydrogen (secondary N) is 1. The summed E-state index contributed by atoms with van der Waals surface area (Å²) in [6, 6.07) is 12.4. The Kier molecular flexibility index (Phi) is 6.45. The lowest BCUT2D eigenvalue weighted by atomic mass is 10.1. The van der Waals surface area contributed by atoms with Crippen LogP contribution in [0.5, 0.6) is 5.75 Å². The van der Waals surface area contributed by atoms with E-state index in [2.05, 4.69) is 34.0 Å². The highest BCUT2D eigenvalue weighted by Crippen LogP contribution is 2.30. The Morgan fingerprint density at radius 2 is 1.88 bits per heavy atom. The molecule has 4 aromatic rings. The number of thioether (sulfide) groups is 1. The average molecular weight is 466 g/mol. The van der Waals surface area contributed by atoms with Gasteiger partial charge in [0, 0.05) is 11.6 Å². The van der Waals surface area contributed by atoms with E-state index >= 15 is 0 Å². The van der Waals surface area contributed by atoms with Gasteiger partial charge in [-0.1, -0.05) is 11.8 Å². The molecule has 0 atom stereocenters. The van der Waals surface area contributed by atoms with Crippen LogP contribution in [0.1, 0.15) is 36.1 Å². The summed E-state index contributed by atoms with van der Waals surface area (Å²) in [7, 11) is 2.94. The van der Waals surface area contributed by atoms with Gasteiger partial charge in [0.1, 0.15) is 11.6 Å². The summed E-state index contributed by atoms with van der Waals surface area (Å²) in [5, 5.41) is 9.88. The minimum Gasteiger partial charge on any atom is -0.497 e. The van der Waals surface area contributed by atoms with E-state index in [0.29, 0.717) is 33.2 Å². The number of carbonyl (C=O) groups excluding carboxylic acids is 1. The Hall–Kier alpha value is -3.66. The fraction of sp³-hybridized carbons (Fsp3) is 0.261. The molecule has 0 bridgehead atoms. The van der Waals surface area contributed by atoms with Crippen molar-refractivity contribution in [3.8, 4) is 17.1 Å². The number of rotatable bonds is 7. The number of methoxy groups -OCH3 is 2. The first-order valence-corrected chi connectivity index (χ1v) is 11.2. The van der Waals surface area contributed by atoms with Crippen LogP contribution < -0.4 is 10.3 Å². The number of ether oxygens (including phenoxy) is 2. The molecule has 0 aliphatic carbocycles. The van der Waals surface area contributed by atoms with E-state index in [0.717, 1.165) is 17.1 Å². The molecule has 0 spiro atoms. The van der Waals surface area contributed by atoms with E-state index in [1.54, 1.807) is 25.3 Å². The summed E-state index contributed by atoms with van der Waals surface area (Å²) in [5.74, 6) is 1.89. The molecule has 170 valence electrons. The van der Waals surface area contributed by atoms with Gasteiger partial charge in [-0.2, -0.15) is 0 Å². The second-order valence-electron chi connectivity index (χ2n) is 7.52. The van der Waals surface area contributed by atoms with Crippen molar-refractivity contribution < 1.29 is 14.3 Å². The molecular weight excluding hydrogens is 442 g/mol. The summed E-state index contributed by atoms with van der Waals surface area (Å²) in [4.78, 5) is 31.7. The summed E-state index contributed by atoms with van der Waals surface area (Å²) >= 11 is 1.42.